The van der Waals surface area contributed by atoms with E-state index >= 15 is 0 Å². The second-order valence-electron chi connectivity index (χ2n) is 4.84. The summed E-state index contributed by atoms with van der Waals surface area (Å²) >= 11 is 6.15. The standard InChI is InChI=1S/C14H17ClN2/c15-13-7-3-6-12-10(9-17-14(12)13)8-16-11-4-1-2-5-11/h3,6-7,9,11,16-17H,1-2,4-5,8H2. The molecule has 0 atom stereocenters. The molecule has 2 nitrogen and oxygen atoms in total. The van der Waals surface area contributed by atoms with Gasteiger partial charge in [-0.05, 0) is 24.5 Å². The van der Waals surface area contributed by atoms with Gasteiger partial charge in [0.25, 0.3) is 0 Å². The molecule has 3 rings (SSSR count). The van der Waals surface area contributed by atoms with Gasteiger partial charge in [0.05, 0.1) is 10.5 Å². The van der Waals surface area contributed by atoms with Crippen molar-refractivity contribution < 1.29 is 0 Å². The summed E-state index contributed by atoms with van der Waals surface area (Å²) in [5, 5.41) is 5.67. The van der Waals surface area contributed by atoms with Crippen molar-refractivity contribution in [3.63, 3.8) is 0 Å². The quantitative estimate of drug-likeness (QED) is 0.848. The Kier molecular flexibility index (Phi) is 3.08. The van der Waals surface area contributed by atoms with Gasteiger partial charge in [-0.3, -0.25) is 0 Å². The Hall–Kier alpha value is -0.990. The third-order valence-corrected chi connectivity index (χ3v) is 4.00. The lowest BCUT2D eigenvalue weighted by atomic mass is 10.1. The summed E-state index contributed by atoms with van der Waals surface area (Å²) in [6.45, 7) is 0.936. The number of para-hydroxylation sites is 1. The van der Waals surface area contributed by atoms with Crippen LogP contribution in [0.1, 0.15) is 31.2 Å². The van der Waals surface area contributed by atoms with E-state index in [1.165, 1.54) is 36.6 Å². The Morgan fingerprint density at radius 2 is 2.12 bits per heavy atom. The number of benzene rings is 1. The first-order valence-corrected chi connectivity index (χ1v) is 6.70. The van der Waals surface area contributed by atoms with Crippen molar-refractivity contribution in [2.24, 2.45) is 0 Å². The van der Waals surface area contributed by atoms with Gasteiger partial charge >= 0.3 is 0 Å². The van der Waals surface area contributed by atoms with Gasteiger partial charge in [-0.15, -0.1) is 0 Å². The molecule has 1 saturated carbocycles. The second-order valence-corrected chi connectivity index (χ2v) is 5.25. The Balaban J connectivity index is 1.78. The van der Waals surface area contributed by atoms with Crippen LogP contribution in [-0.4, -0.2) is 11.0 Å². The number of aromatic nitrogens is 1. The number of nitrogens with one attached hydrogen (secondary N) is 2. The van der Waals surface area contributed by atoms with E-state index in [2.05, 4.69) is 22.6 Å². The van der Waals surface area contributed by atoms with Gasteiger partial charge in [0.1, 0.15) is 0 Å². The molecule has 0 aliphatic heterocycles. The van der Waals surface area contributed by atoms with E-state index in [-0.39, 0.29) is 0 Å². The predicted octanol–water partition coefficient (Wildman–Crippen LogP) is 3.85. The molecule has 1 aromatic heterocycles. The van der Waals surface area contributed by atoms with E-state index in [4.69, 9.17) is 11.6 Å². The Morgan fingerprint density at radius 1 is 1.29 bits per heavy atom. The van der Waals surface area contributed by atoms with Crippen LogP contribution in [0.15, 0.2) is 24.4 Å². The van der Waals surface area contributed by atoms with Gasteiger partial charge in [0.2, 0.25) is 0 Å². The van der Waals surface area contributed by atoms with Gasteiger partial charge in [-0.2, -0.15) is 0 Å². The van der Waals surface area contributed by atoms with Gasteiger partial charge < -0.3 is 10.3 Å². The third-order valence-electron chi connectivity index (χ3n) is 3.69. The minimum atomic E-state index is 0.708. The lowest BCUT2D eigenvalue weighted by Crippen LogP contribution is -2.25. The van der Waals surface area contributed by atoms with Crippen LogP contribution in [0.5, 0.6) is 0 Å². The largest absolute Gasteiger partial charge is 0.360 e. The Morgan fingerprint density at radius 3 is 2.94 bits per heavy atom. The first-order chi connectivity index (χ1) is 8.34. The maximum atomic E-state index is 6.15. The van der Waals surface area contributed by atoms with E-state index in [0.717, 1.165) is 17.1 Å². The maximum absolute atomic E-state index is 6.15. The van der Waals surface area contributed by atoms with Crippen LogP contribution in [0.3, 0.4) is 0 Å². The summed E-state index contributed by atoms with van der Waals surface area (Å²) < 4.78 is 0. The fourth-order valence-corrected chi connectivity index (χ4v) is 2.94. The summed E-state index contributed by atoms with van der Waals surface area (Å²) in [5.41, 5.74) is 2.37. The minimum Gasteiger partial charge on any atom is -0.360 e. The molecule has 2 N–H and O–H groups in total. The number of aromatic amines is 1. The van der Waals surface area contributed by atoms with Gasteiger partial charge in [0.15, 0.2) is 0 Å². The third kappa shape index (κ3) is 2.20. The van der Waals surface area contributed by atoms with E-state index in [1.54, 1.807) is 0 Å². The van der Waals surface area contributed by atoms with Gasteiger partial charge in [-0.25, -0.2) is 0 Å². The highest BCUT2D eigenvalue weighted by Crippen LogP contribution is 2.25. The molecule has 1 heterocycles. The van der Waals surface area contributed by atoms with Crippen molar-refractivity contribution in [3.05, 3.63) is 35.0 Å². The van der Waals surface area contributed by atoms with E-state index in [9.17, 15) is 0 Å². The van der Waals surface area contributed by atoms with Crippen LogP contribution in [0, 0.1) is 0 Å². The number of fused-ring (bicyclic) bond motifs is 1. The first-order valence-electron chi connectivity index (χ1n) is 6.32. The average molecular weight is 249 g/mol. The average Bonchev–Trinajstić information content (AvgIpc) is 2.95. The van der Waals surface area contributed by atoms with Crippen LogP contribution in [-0.2, 0) is 6.54 Å². The Bertz CT molecular complexity index is 512. The molecule has 17 heavy (non-hydrogen) atoms. The molecule has 0 bridgehead atoms. The van der Waals surface area contributed by atoms with Crippen LogP contribution in [0.25, 0.3) is 10.9 Å². The van der Waals surface area contributed by atoms with Crippen molar-refractivity contribution in [1.82, 2.24) is 10.3 Å². The molecule has 0 saturated heterocycles. The molecule has 90 valence electrons. The molecule has 0 spiro atoms. The van der Waals surface area contributed by atoms with Crippen LogP contribution in [0.4, 0.5) is 0 Å². The summed E-state index contributed by atoms with van der Waals surface area (Å²) in [5.74, 6) is 0. The molecule has 1 aliphatic carbocycles. The monoisotopic (exact) mass is 248 g/mol. The number of hydrogen-bond donors (Lipinski definition) is 2. The van der Waals surface area contributed by atoms with Crippen LogP contribution >= 0.6 is 11.6 Å². The minimum absolute atomic E-state index is 0.708. The summed E-state index contributed by atoms with van der Waals surface area (Å²) in [6.07, 6.45) is 7.46. The summed E-state index contributed by atoms with van der Waals surface area (Å²) in [4.78, 5) is 3.26. The predicted molar refractivity (Wildman–Crippen MR) is 72.4 cm³/mol. The number of halogens is 1. The highest BCUT2D eigenvalue weighted by molar-refractivity contribution is 6.35. The molecule has 3 heteroatoms. The highest BCUT2D eigenvalue weighted by atomic mass is 35.5. The van der Waals surface area contributed by atoms with Crippen molar-refractivity contribution in [3.8, 4) is 0 Å². The lowest BCUT2D eigenvalue weighted by molar-refractivity contribution is 0.525. The lowest BCUT2D eigenvalue weighted by Gasteiger charge is -2.10. The molecular weight excluding hydrogens is 232 g/mol. The van der Waals surface area contributed by atoms with E-state index < -0.39 is 0 Å². The zero-order valence-electron chi connectivity index (χ0n) is 9.80. The molecule has 1 aliphatic rings. The highest BCUT2D eigenvalue weighted by Gasteiger charge is 2.14. The molecular formula is C14H17ClN2. The van der Waals surface area contributed by atoms with E-state index in [0.29, 0.717) is 6.04 Å². The van der Waals surface area contributed by atoms with E-state index in [1.807, 2.05) is 12.1 Å². The molecule has 1 aromatic carbocycles. The van der Waals surface area contributed by atoms with Crippen molar-refractivity contribution in [2.75, 3.05) is 0 Å². The molecule has 0 amide bonds. The fraction of sp³-hybridized carbons (Fsp3) is 0.429. The zero-order valence-corrected chi connectivity index (χ0v) is 10.6. The van der Waals surface area contributed by atoms with Crippen molar-refractivity contribution in [2.45, 2.75) is 38.3 Å². The summed E-state index contributed by atoms with van der Waals surface area (Å²) in [7, 11) is 0. The zero-order chi connectivity index (χ0) is 11.7. The topological polar surface area (TPSA) is 27.8 Å². The first kappa shape index (κ1) is 11.1. The molecule has 0 unspecified atom stereocenters. The SMILES string of the molecule is Clc1cccc2c(CNC3CCCC3)c[nH]c12. The molecule has 2 aromatic rings. The van der Waals surface area contributed by atoms with Crippen molar-refractivity contribution >= 4 is 22.5 Å². The maximum Gasteiger partial charge on any atom is 0.0647 e. The summed E-state index contributed by atoms with van der Waals surface area (Å²) in [6, 6.07) is 6.77. The second kappa shape index (κ2) is 4.71. The Labute approximate surface area is 106 Å². The van der Waals surface area contributed by atoms with Gasteiger partial charge in [0, 0.05) is 24.2 Å². The van der Waals surface area contributed by atoms with Crippen LogP contribution < -0.4 is 5.32 Å². The van der Waals surface area contributed by atoms with Gasteiger partial charge in [-0.1, -0.05) is 36.6 Å². The van der Waals surface area contributed by atoms with Crippen molar-refractivity contribution in [1.29, 1.82) is 0 Å². The number of rotatable bonds is 3. The van der Waals surface area contributed by atoms with Crippen LogP contribution in [0.2, 0.25) is 5.02 Å². The normalized spacial score (nSPS) is 17.0. The smallest absolute Gasteiger partial charge is 0.0647 e. The number of H-pyrrole nitrogens is 1. The fourth-order valence-electron chi connectivity index (χ4n) is 2.71. The molecule has 0 radical (unpaired) electrons. The number of hydrogen-bond acceptors (Lipinski definition) is 1. The molecule has 1 fully saturated rings.